The highest BCUT2D eigenvalue weighted by molar-refractivity contribution is 8.02. The number of aliphatic imine (C=N–C) groups is 1. The summed E-state index contributed by atoms with van der Waals surface area (Å²) in [6, 6.07) is 0. The van der Waals surface area contributed by atoms with Crippen LogP contribution >= 0.6 is 11.8 Å². The van der Waals surface area contributed by atoms with Crippen molar-refractivity contribution in [3.63, 3.8) is 0 Å². The zero-order valence-corrected chi connectivity index (χ0v) is 5.03. The molecule has 0 unspecified atom stereocenters. The Kier molecular flexibility index (Phi) is 3.50. The second-order valence-corrected chi connectivity index (χ2v) is 1.76. The molecule has 0 aromatic carbocycles. The lowest BCUT2D eigenvalue weighted by atomic mass is 11.0. The van der Waals surface area contributed by atoms with Crippen LogP contribution in [-0.2, 0) is 0 Å². The van der Waals surface area contributed by atoms with Crippen LogP contribution in [0.4, 0.5) is 0 Å². The third-order valence-electron chi connectivity index (χ3n) is 0.454. The topological polar surface area (TPSA) is 38.4 Å². The van der Waals surface area contributed by atoms with E-state index in [4.69, 9.17) is 5.73 Å². The van der Waals surface area contributed by atoms with Gasteiger partial charge in [-0.25, -0.2) is 4.99 Å². The molecule has 0 saturated heterocycles. The molecule has 0 aromatic heterocycles. The van der Waals surface area contributed by atoms with Crippen LogP contribution in [0.25, 0.3) is 0 Å². The van der Waals surface area contributed by atoms with Crippen molar-refractivity contribution >= 4 is 18.1 Å². The quantitative estimate of drug-likeness (QED) is 0.428. The maximum Gasteiger partial charge on any atom is 0.0902 e. The SMILES string of the molecule is C=C(N=CN)SC. The number of rotatable bonds is 2. The van der Waals surface area contributed by atoms with Crippen LogP contribution in [0, 0.1) is 0 Å². The Bertz CT molecular complexity index is 87.7. The minimum absolute atomic E-state index is 0.738. The van der Waals surface area contributed by atoms with Crippen molar-refractivity contribution in [2.45, 2.75) is 0 Å². The van der Waals surface area contributed by atoms with Gasteiger partial charge in [-0.15, -0.1) is 11.8 Å². The monoisotopic (exact) mass is 116 g/mol. The zero-order chi connectivity index (χ0) is 5.70. The third kappa shape index (κ3) is 3.39. The predicted octanol–water partition coefficient (Wildman–Crippen LogP) is 0.808. The summed E-state index contributed by atoms with van der Waals surface area (Å²) >= 11 is 1.48. The number of nitrogens with zero attached hydrogens (tertiary/aromatic N) is 1. The second-order valence-electron chi connectivity index (χ2n) is 0.876. The highest BCUT2D eigenvalue weighted by Crippen LogP contribution is 2.06. The molecule has 0 rings (SSSR count). The Balaban J connectivity index is 3.37. The zero-order valence-electron chi connectivity index (χ0n) is 4.22. The molecule has 0 saturated carbocycles. The molecule has 2 nitrogen and oxygen atoms in total. The average Bonchev–Trinajstić information content (AvgIpc) is 1.68. The maximum absolute atomic E-state index is 4.94. The van der Waals surface area contributed by atoms with E-state index in [2.05, 4.69) is 11.6 Å². The summed E-state index contributed by atoms with van der Waals surface area (Å²) in [7, 11) is 0. The van der Waals surface area contributed by atoms with Gasteiger partial charge in [-0.3, -0.25) is 0 Å². The Morgan fingerprint density at radius 3 is 2.71 bits per heavy atom. The first kappa shape index (κ1) is 6.56. The maximum atomic E-state index is 4.94. The predicted molar refractivity (Wildman–Crippen MR) is 35.3 cm³/mol. The van der Waals surface area contributed by atoms with Crippen LogP contribution in [0.1, 0.15) is 0 Å². The fourth-order valence-corrected chi connectivity index (χ4v) is 0.302. The Labute approximate surface area is 47.5 Å². The van der Waals surface area contributed by atoms with Gasteiger partial charge in [0, 0.05) is 0 Å². The highest BCUT2D eigenvalue weighted by atomic mass is 32.2. The molecule has 0 heterocycles. The lowest BCUT2D eigenvalue weighted by Crippen LogP contribution is -1.86. The molecule has 0 aliphatic rings. The lowest BCUT2D eigenvalue weighted by molar-refractivity contribution is 1.54. The van der Waals surface area contributed by atoms with Gasteiger partial charge in [0.15, 0.2) is 0 Å². The van der Waals surface area contributed by atoms with Crippen molar-refractivity contribution in [1.29, 1.82) is 0 Å². The molecule has 2 N–H and O–H groups in total. The van der Waals surface area contributed by atoms with Crippen LogP contribution in [0.5, 0.6) is 0 Å². The summed E-state index contributed by atoms with van der Waals surface area (Å²) in [6.45, 7) is 3.55. The van der Waals surface area contributed by atoms with Crippen LogP contribution in [0.15, 0.2) is 16.6 Å². The van der Waals surface area contributed by atoms with Gasteiger partial charge in [-0.2, -0.15) is 0 Å². The Hall–Kier alpha value is -0.440. The first-order valence-electron chi connectivity index (χ1n) is 1.78. The molecule has 0 radical (unpaired) electrons. The number of hydrogen-bond acceptors (Lipinski definition) is 2. The molecule has 0 aliphatic heterocycles. The van der Waals surface area contributed by atoms with Gasteiger partial charge in [0.05, 0.1) is 11.4 Å². The summed E-state index contributed by atoms with van der Waals surface area (Å²) < 4.78 is 0. The van der Waals surface area contributed by atoms with Crippen LogP contribution in [0.3, 0.4) is 0 Å². The van der Waals surface area contributed by atoms with E-state index in [1.54, 1.807) is 0 Å². The summed E-state index contributed by atoms with van der Waals surface area (Å²) in [6.07, 6.45) is 3.13. The molecule has 0 bridgehead atoms. The van der Waals surface area contributed by atoms with E-state index < -0.39 is 0 Å². The van der Waals surface area contributed by atoms with Crippen LogP contribution in [0.2, 0.25) is 0 Å². The van der Waals surface area contributed by atoms with Crippen molar-refractivity contribution < 1.29 is 0 Å². The number of thioether (sulfide) groups is 1. The van der Waals surface area contributed by atoms with Crippen LogP contribution < -0.4 is 5.73 Å². The number of hydrogen-bond donors (Lipinski definition) is 1. The molecule has 7 heavy (non-hydrogen) atoms. The van der Waals surface area contributed by atoms with E-state index in [0.717, 1.165) is 5.03 Å². The van der Waals surface area contributed by atoms with Gasteiger partial charge in [-0.1, -0.05) is 6.58 Å². The first-order chi connectivity index (χ1) is 3.31. The van der Waals surface area contributed by atoms with Crippen molar-refractivity contribution in [1.82, 2.24) is 0 Å². The lowest BCUT2D eigenvalue weighted by Gasteiger charge is -1.85. The van der Waals surface area contributed by atoms with E-state index in [1.165, 1.54) is 18.1 Å². The summed E-state index contributed by atoms with van der Waals surface area (Å²) in [5.41, 5.74) is 4.94. The molecule has 40 valence electrons. The van der Waals surface area contributed by atoms with Crippen molar-refractivity contribution in [3.05, 3.63) is 11.6 Å². The molecule has 0 atom stereocenters. The van der Waals surface area contributed by atoms with Crippen molar-refractivity contribution in [2.75, 3.05) is 6.26 Å². The molecule has 0 spiro atoms. The Morgan fingerprint density at radius 2 is 2.57 bits per heavy atom. The average molecular weight is 116 g/mol. The molecule has 0 aromatic rings. The van der Waals surface area contributed by atoms with Gasteiger partial charge >= 0.3 is 0 Å². The molecule has 0 aliphatic carbocycles. The summed E-state index contributed by atoms with van der Waals surface area (Å²) in [5, 5.41) is 0.738. The number of nitrogens with two attached hydrogens (primary N) is 1. The van der Waals surface area contributed by atoms with Gasteiger partial charge in [0.1, 0.15) is 0 Å². The minimum atomic E-state index is 0.738. The van der Waals surface area contributed by atoms with E-state index in [9.17, 15) is 0 Å². The standard InChI is InChI=1S/C4H8N2S/c1-4(7-2)6-3-5/h3H,1H2,2H3,(H2,5,6). The van der Waals surface area contributed by atoms with E-state index in [1.807, 2.05) is 6.26 Å². The molecule has 3 heteroatoms. The normalized spacial score (nSPS) is 9.86. The van der Waals surface area contributed by atoms with Crippen molar-refractivity contribution in [2.24, 2.45) is 10.7 Å². The molecular weight excluding hydrogens is 108 g/mol. The van der Waals surface area contributed by atoms with E-state index in [-0.39, 0.29) is 0 Å². The summed E-state index contributed by atoms with van der Waals surface area (Å²) in [4.78, 5) is 3.66. The van der Waals surface area contributed by atoms with Crippen LogP contribution in [-0.4, -0.2) is 12.6 Å². The van der Waals surface area contributed by atoms with Gasteiger partial charge in [0.25, 0.3) is 0 Å². The molecular formula is C4H8N2S. The van der Waals surface area contributed by atoms with Gasteiger partial charge in [0.2, 0.25) is 0 Å². The molecule has 0 fully saturated rings. The largest absolute Gasteiger partial charge is 0.390 e. The van der Waals surface area contributed by atoms with Gasteiger partial charge < -0.3 is 5.73 Å². The smallest absolute Gasteiger partial charge is 0.0902 e. The summed E-state index contributed by atoms with van der Waals surface area (Å²) in [5.74, 6) is 0. The minimum Gasteiger partial charge on any atom is -0.390 e. The van der Waals surface area contributed by atoms with E-state index in [0.29, 0.717) is 0 Å². The Morgan fingerprint density at radius 1 is 2.00 bits per heavy atom. The van der Waals surface area contributed by atoms with E-state index >= 15 is 0 Å². The third-order valence-corrected chi connectivity index (χ3v) is 1.03. The molecule has 0 amide bonds. The van der Waals surface area contributed by atoms with Gasteiger partial charge in [-0.05, 0) is 6.26 Å². The fraction of sp³-hybridized carbons (Fsp3) is 0.250. The van der Waals surface area contributed by atoms with Crippen molar-refractivity contribution in [3.8, 4) is 0 Å². The second kappa shape index (κ2) is 3.74. The highest BCUT2D eigenvalue weighted by Gasteiger charge is 1.76. The first-order valence-corrected chi connectivity index (χ1v) is 3.01. The fourth-order valence-electron chi connectivity index (χ4n) is 0.136.